The number of piperidine rings is 1. The summed E-state index contributed by atoms with van der Waals surface area (Å²) < 4.78 is 13.3. The van der Waals surface area contributed by atoms with Crippen LogP contribution in [0.2, 0.25) is 0 Å². The summed E-state index contributed by atoms with van der Waals surface area (Å²) >= 11 is 0. The Labute approximate surface area is 125 Å². The molecule has 0 aromatic heterocycles. The van der Waals surface area contributed by atoms with Gasteiger partial charge in [0.2, 0.25) is 0 Å². The predicted molar refractivity (Wildman–Crippen MR) is 80.6 cm³/mol. The minimum atomic E-state index is -0.664. The lowest BCUT2D eigenvalue weighted by molar-refractivity contribution is -0.153. The van der Waals surface area contributed by atoms with Gasteiger partial charge in [0.15, 0.2) is 0 Å². The van der Waals surface area contributed by atoms with Crippen molar-refractivity contribution in [2.45, 2.75) is 45.6 Å². The van der Waals surface area contributed by atoms with Crippen LogP contribution in [0.4, 0.5) is 4.39 Å². The number of hydrogen-bond donors (Lipinski definition) is 1. The molecule has 1 N–H and O–H groups in total. The summed E-state index contributed by atoms with van der Waals surface area (Å²) in [7, 11) is 0. The van der Waals surface area contributed by atoms with Gasteiger partial charge in [-0.25, -0.2) is 4.39 Å². The van der Waals surface area contributed by atoms with Gasteiger partial charge in [-0.2, -0.15) is 0 Å². The van der Waals surface area contributed by atoms with E-state index in [1.807, 2.05) is 13.0 Å². The Bertz CT molecular complexity index is 495. The standard InChI is InChI=1S/C17H24FNO2/c1-3-7-17(16(20)21)8-10-19(11-9-17)13(2)14-5-4-6-15(18)12-14/h4-6,12-13H,3,7-11H2,1-2H3,(H,20,21). The van der Waals surface area contributed by atoms with Crippen molar-refractivity contribution in [1.82, 2.24) is 4.90 Å². The van der Waals surface area contributed by atoms with Crippen LogP contribution in [0.25, 0.3) is 0 Å². The van der Waals surface area contributed by atoms with E-state index < -0.39 is 11.4 Å². The highest BCUT2D eigenvalue weighted by molar-refractivity contribution is 5.74. The van der Waals surface area contributed by atoms with Crippen molar-refractivity contribution in [1.29, 1.82) is 0 Å². The van der Waals surface area contributed by atoms with E-state index in [0.29, 0.717) is 12.8 Å². The topological polar surface area (TPSA) is 40.5 Å². The zero-order valence-electron chi connectivity index (χ0n) is 12.8. The van der Waals surface area contributed by atoms with Gasteiger partial charge < -0.3 is 5.11 Å². The number of rotatable bonds is 5. The highest BCUT2D eigenvalue weighted by Crippen LogP contribution is 2.38. The molecule has 0 amide bonds. The number of carbonyl (C=O) groups is 1. The average molecular weight is 293 g/mol. The molecule has 1 unspecified atom stereocenters. The van der Waals surface area contributed by atoms with E-state index in [-0.39, 0.29) is 11.9 Å². The fourth-order valence-electron chi connectivity index (χ4n) is 3.37. The Kier molecular flexibility index (Phi) is 4.99. The molecule has 1 aliphatic heterocycles. The average Bonchev–Trinajstić information content (AvgIpc) is 2.47. The van der Waals surface area contributed by atoms with Crippen LogP contribution >= 0.6 is 0 Å². The minimum Gasteiger partial charge on any atom is -0.481 e. The number of likely N-dealkylation sites (tertiary alicyclic amines) is 1. The molecule has 2 rings (SSSR count). The second kappa shape index (κ2) is 6.56. The van der Waals surface area contributed by atoms with E-state index in [2.05, 4.69) is 11.8 Å². The van der Waals surface area contributed by atoms with Gasteiger partial charge in [-0.05, 0) is 57.0 Å². The smallest absolute Gasteiger partial charge is 0.309 e. The molecule has 1 aromatic rings. The zero-order chi connectivity index (χ0) is 15.5. The van der Waals surface area contributed by atoms with Crippen molar-refractivity contribution in [3.8, 4) is 0 Å². The van der Waals surface area contributed by atoms with E-state index in [1.54, 1.807) is 12.1 Å². The van der Waals surface area contributed by atoms with Crippen LogP contribution in [-0.4, -0.2) is 29.1 Å². The predicted octanol–water partition coefficient (Wildman–Crippen LogP) is 3.85. The maximum absolute atomic E-state index is 13.3. The van der Waals surface area contributed by atoms with Crippen molar-refractivity contribution in [2.24, 2.45) is 5.41 Å². The molecule has 1 aromatic carbocycles. The van der Waals surface area contributed by atoms with Gasteiger partial charge in [-0.15, -0.1) is 0 Å². The van der Waals surface area contributed by atoms with Gasteiger partial charge >= 0.3 is 5.97 Å². The molecule has 0 saturated carbocycles. The lowest BCUT2D eigenvalue weighted by Crippen LogP contribution is -2.45. The van der Waals surface area contributed by atoms with E-state index in [0.717, 1.165) is 31.5 Å². The summed E-state index contributed by atoms with van der Waals surface area (Å²) in [6.45, 7) is 5.60. The van der Waals surface area contributed by atoms with Crippen molar-refractivity contribution >= 4 is 5.97 Å². The molecule has 0 aliphatic carbocycles. The summed E-state index contributed by atoms with van der Waals surface area (Å²) in [5.74, 6) is -0.885. The molecular weight excluding hydrogens is 269 g/mol. The van der Waals surface area contributed by atoms with Gasteiger partial charge in [-0.1, -0.05) is 25.5 Å². The lowest BCUT2D eigenvalue weighted by atomic mass is 9.74. The largest absolute Gasteiger partial charge is 0.481 e. The Hall–Kier alpha value is -1.42. The molecule has 1 saturated heterocycles. The number of carboxylic acid groups (broad SMARTS) is 1. The zero-order valence-corrected chi connectivity index (χ0v) is 12.8. The Morgan fingerprint density at radius 3 is 2.62 bits per heavy atom. The van der Waals surface area contributed by atoms with Crippen LogP contribution in [0, 0.1) is 11.2 Å². The Balaban J connectivity index is 2.04. The number of nitrogens with zero attached hydrogens (tertiary/aromatic N) is 1. The first kappa shape index (κ1) is 16.0. The second-order valence-corrected chi connectivity index (χ2v) is 6.10. The van der Waals surface area contributed by atoms with Crippen LogP contribution in [0.15, 0.2) is 24.3 Å². The first-order chi connectivity index (χ1) is 9.98. The minimum absolute atomic E-state index is 0.120. The number of halogens is 1. The van der Waals surface area contributed by atoms with Crippen LogP contribution in [0.1, 0.15) is 51.1 Å². The van der Waals surface area contributed by atoms with Crippen LogP contribution < -0.4 is 0 Å². The Morgan fingerprint density at radius 2 is 2.10 bits per heavy atom. The fraction of sp³-hybridized carbons (Fsp3) is 0.588. The molecule has 0 radical (unpaired) electrons. The van der Waals surface area contributed by atoms with Crippen molar-refractivity contribution in [3.63, 3.8) is 0 Å². The molecule has 21 heavy (non-hydrogen) atoms. The van der Waals surface area contributed by atoms with Gasteiger partial charge in [0.25, 0.3) is 0 Å². The van der Waals surface area contributed by atoms with Crippen molar-refractivity contribution in [2.75, 3.05) is 13.1 Å². The summed E-state index contributed by atoms with van der Waals surface area (Å²) in [5.41, 5.74) is 0.390. The molecule has 1 atom stereocenters. The Morgan fingerprint density at radius 1 is 1.43 bits per heavy atom. The third kappa shape index (κ3) is 3.43. The SMILES string of the molecule is CCCC1(C(=O)O)CCN(C(C)c2cccc(F)c2)CC1. The third-order valence-corrected chi connectivity index (χ3v) is 4.82. The second-order valence-electron chi connectivity index (χ2n) is 6.10. The van der Waals surface area contributed by atoms with Crippen LogP contribution in [-0.2, 0) is 4.79 Å². The van der Waals surface area contributed by atoms with Crippen LogP contribution in [0.5, 0.6) is 0 Å². The quantitative estimate of drug-likeness (QED) is 0.896. The number of benzene rings is 1. The third-order valence-electron chi connectivity index (χ3n) is 4.82. The fourth-order valence-corrected chi connectivity index (χ4v) is 3.37. The molecule has 116 valence electrons. The van der Waals surface area contributed by atoms with E-state index in [4.69, 9.17) is 0 Å². The first-order valence-corrected chi connectivity index (χ1v) is 7.71. The van der Waals surface area contributed by atoms with Gasteiger partial charge in [0.05, 0.1) is 5.41 Å². The summed E-state index contributed by atoms with van der Waals surface area (Å²) in [5, 5.41) is 9.53. The van der Waals surface area contributed by atoms with E-state index >= 15 is 0 Å². The number of hydrogen-bond acceptors (Lipinski definition) is 2. The summed E-state index contributed by atoms with van der Waals surface area (Å²) in [4.78, 5) is 13.8. The normalized spacial score (nSPS) is 20.1. The highest BCUT2D eigenvalue weighted by Gasteiger charge is 2.41. The molecular formula is C17H24FNO2. The molecule has 3 nitrogen and oxygen atoms in total. The van der Waals surface area contributed by atoms with Gasteiger partial charge in [0, 0.05) is 6.04 Å². The molecule has 1 fully saturated rings. The van der Waals surface area contributed by atoms with E-state index in [9.17, 15) is 14.3 Å². The van der Waals surface area contributed by atoms with Gasteiger partial charge in [-0.3, -0.25) is 9.69 Å². The van der Waals surface area contributed by atoms with Gasteiger partial charge in [0.1, 0.15) is 5.82 Å². The maximum Gasteiger partial charge on any atom is 0.309 e. The molecule has 0 bridgehead atoms. The lowest BCUT2D eigenvalue weighted by Gasteiger charge is -2.41. The van der Waals surface area contributed by atoms with Crippen molar-refractivity contribution < 1.29 is 14.3 Å². The summed E-state index contributed by atoms with van der Waals surface area (Å²) in [6, 6.07) is 6.79. The number of carboxylic acids is 1. The molecule has 1 heterocycles. The number of aliphatic carboxylic acids is 1. The maximum atomic E-state index is 13.3. The molecule has 4 heteroatoms. The highest BCUT2D eigenvalue weighted by atomic mass is 19.1. The monoisotopic (exact) mass is 293 g/mol. The van der Waals surface area contributed by atoms with Crippen LogP contribution in [0.3, 0.4) is 0 Å². The van der Waals surface area contributed by atoms with E-state index in [1.165, 1.54) is 6.07 Å². The summed E-state index contributed by atoms with van der Waals surface area (Å²) in [6.07, 6.45) is 2.99. The molecule has 1 aliphatic rings. The first-order valence-electron chi connectivity index (χ1n) is 7.71. The molecule has 0 spiro atoms. The van der Waals surface area contributed by atoms with Crippen molar-refractivity contribution in [3.05, 3.63) is 35.6 Å².